The Bertz CT molecular complexity index is 807. The summed E-state index contributed by atoms with van der Waals surface area (Å²) in [6.07, 6.45) is 2.91. The first-order valence-corrected chi connectivity index (χ1v) is 10.8. The molecule has 0 radical (unpaired) electrons. The lowest BCUT2D eigenvalue weighted by molar-refractivity contribution is -0.577. The van der Waals surface area contributed by atoms with E-state index in [0.29, 0.717) is 17.6 Å². The summed E-state index contributed by atoms with van der Waals surface area (Å²) in [6.45, 7) is 6.52. The molecular formula is C22H30O8. The number of furan rings is 1. The van der Waals surface area contributed by atoms with E-state index in [4.69, 9.17) is 28.4 Å². The van der Waals surface area contributed by atoms with Gasteiger partial charge in [-0.2, -0.15) is 0 Å². The van der Waals surface area contributed by atoms with E-state index >= 15 is 0 Å². The Morgan fingerprint density at radius 1 is 1.17 bits per heavy atom. The van der Waals surface area contributed by atoms with Crippen LogP contribution in [-0.2, 0) is 35.3 Å². The van der Waals surface area contributed by atoms with Gasteiger partial charge in [0.1, 0.15) is 12.4 Å². The molecule has 1 saturated carbocycles. The molecule has 5 heterocycles. The molecule has 4 saturated heterocycles. The van der Waals surface area contributed by atoms with Gasteiger partial charge in [0.15, 0.2) is 18.2 Å². The fraction of sp³-hybridized carbons (Fsp3) is 0.773. The van der Waals surface area contributed by atoms with Crippen molar-refractivity contribution < 1.29 is 37.9 Å². The lowest BCUT2D eigenvalue weighted by atomic mass is 9.58. The summed E-state index contributed by atoms with van der Waals surface area (Å²) >= 11 is 0. The highest BCUT2D eigenvalue weighted by Crippen LogP contribution is 2.60. The van der Waals surface area contributed by atoms with E-state index in [2.05, 4.69) is 18.6 Å². The van der Waals surface area contributed by atoms with Gasteiger partial charge in [-0.05, 0) is 50.2 Å². The summed E-state index contributed by atoms with van der Waals surface area (Å²) < 4.78 is 29.0. The molecule has 5 aliphatic rings. The van der Waals surface area contributed by atoms with Crippen LogP contribution in [0.2, 0.25) is 0 Å². The van der Waals surface area contributed by atoms with Gasteiger partial charge in [0.2, 0.25) is 11.5 Å². The molecule has 8 heteroatoms. The van der Waals surface area contributed by atoms with Gasteiger partial charge in [-0.15, -0.1) is 0 Å². The van der Waals surface area contributed by atoms with Gasteiger partial charge < -0.3 is 23.4 Å². The SMILES string of the molecule is COC(=O)c1ccc(COC2OC3O[C@]4(C)CCC5[C@H](C)CCC([C@H]2C)[C@@]35OO4)o1. The third-order valence-corrected chi connectivity index (χ3v) is 7.54. The van der Waals surface area contributed by atoms with E-state index in [9.17, 15) is 4.79 Å². The Kier molecular flexibility index (Phi) is 4.98. The van der Waals surface area contributed by atoms with E-state index < -0.39 is 29.9 Å². The van der Waals surface area contributed by atoms with Crippen molar-refractivity contribution in [3.8, 4) is 0 Å². The first-order chi connectivity index (χ1) is 14.4. The van der Waals surface area contributed by atoms with Gasteiger partial charge in [0, 0.05) is 18.3 Å². The van der Waals surface area contributed by atoms with Crippen LogP contribution in [0, 0.1) is 23.7 Å². The first kappa shape index (κ1) is 20.5. The number of carbonyl (C=O) groups excluding carboxylic acids is 1. The Morgan fingerprint density at radius 3 is 2.80 bits per heavy atom. The van der Waals surface area contributed by atoms with Crippen molar-refractivity contribution in [1.82, 2.24) is 0 Å². The third-order valence-electron chi connectivity index (χ3n) is 7.54. The average molecular weight is 422 g/mol. The smallest absolute Gasteiger partial charge is 0.373 e. The predicted octanol–water partition coefficient (Wildman–Crippen LogP) is 3.79. The molecule has 1 spiro atoms. The van der Waals surface area contributed by atoms with E-state index in [1.54, 1.807) is 12.1 Å². The average Bonchev–Trinajstić information content (AvgIpc) is 3.09. The van der Waals surface area contributed by atoms with Crippen molar-refractivity contribution in [2.24, 2.45) is 23.7 Å². The molecular weight excluding hydrogens is 392 g/mol. The summed E-state index contributed by atoms with van der Waals surface area (Å²) in [5.74, 6) is 0.496. The zero-order valence-corrected chi connectivity index (χ0v) is 17.9. The maximum absolute atomic E-state index is 11.6. The highest BCUT2D eigenvalue weighted by molar-refractivity contribution is 5.86. The number of methoxy groups -OCH3 is 1. The standard InChI is InChI=1S/C22H30O8/c1-12-5-7-16-13(2)19(25-11-14-6-8-17(26-14)18(23)24-4)27-20-22(16)15(12)9-10-21(3,28-20)29-30-22/h6,8,12-13,15-16,19-20H,5,7,9-11H2,1-4H3/t12-,13-,15?,16?,19?,20?,21+,22-/m1/s1. The van der Waals surface area contributed by atoms with Gasteiger partial charge >= 0.3 is 5.97 Å². The van der Waals surface area contributed by atoms with Crippen LogP contribution in [0.5, 0.6) is 0 Å². The Morgan fingerprint density at radius 2 is 2.00 bits per heavy atom. The van der Waals surface area contributed by atoms with Crippen LogP contribution in [0.15, 0.2) is 16.5 Å². The molecule has 0 aromatic carbocycles. The van der Waals surface area contributed by atoms with Gasteiger partial charge in [-0.1, -0.05) is 13.8 Å². The van der Waals surface area contributed by atoms with Crippen molar-refractivity contribution >= 4 is 5.97 Å². The molecule has 8 atom stereocenters. The van der Waals surface area contributed by atoms with E-state index in [-0.39, 0.29) is 24.2 Å². The molecule has 2 bridgehead atoms. The minimum Gasteiger partial charge on any atom is -0.463 e. The van der Waals surface area contributed by atoms with E-state index in [1.165, 1.54) is 7.11 Å². The molecule has 6 rings (SSSR count). The summed E-state index contributed by atoms with van der Waals surface area (Å²) in [7, 11) is 1.32. The molecule has 5 fully saturated rings. The zero-order valence-electron chi connectivity index (χ0n) is 17.9. The van der Waals surface area contributed by atoms with Gasteiger partial charge in [0.25, 0.3) is 0 Å². The van der Waals surface area contributed by atoms with Crippen LogP contribution in [0.1, 0.15) is 62.8 Å². The van der Waals surface area contributed by atoms with Crippen LogP contribution in [0.3, 0.4) is 0 Å². The fourth-order valence-electron chi connectivity index (χ4n) is 5.89. The summed E-state index contributed by atoms with van der Waals surface area (Å²) in [5.41, 5.74) is -0.601. The zero-order chi connectivity index (χ0) is 21.1. The maximum Gasteiger partial charge on any atom is 0.373 e. The minimum absolute atomic E-state index is 0.0842. The minimum atomic E-state index is -0.806. The molecule has 0 amide bonds. The van der Waals surface area contributed by atoms with Crippen LogP contribution in [0.25, 0.3) is 0 Å². The van der Waals surface area contributed by atoms with Crippen molar-refractivity contribution in [1.29, 1.82) is 0 Å². The second-order valence-electron chi connectivity index (χ2n) is 9.34. The molecule has 8 nitrogen and oxygen atoms in total. The fourth-order valence-corrected chi connectivity index (χ4v) is 5.89. The largest absolute Gasteiger partial charge is 0.463 e. The molecule has 1 aromatic heterocycles. The van der Waals surface area contributed by atoms with Crippen molar-refractivity contribution in [3.05, 3.63) is 23.7 Å². The van der Waals surface area contributed by atoms with Crippen molar-refractivity contribution in [2.45, 2.75) is 77.0 Å². The molecule has 0 N–H and O–H groups in total. The molecule has 4 unspecified atom stereocenters. The number of esters is 1. The highest BCUT2D eigenvalue weighted by Gasteiger charge is 2.69. The van der Waals surface area contributed by atoms with E-state index in [1.807, 2.05) is 6.92 Å². The van der Waals surface area contributed by atoms with Gasteiger partial charge in [0.05, 0.1) is 7.11 Å². The summed E-state index contributed by atoms with van der Waals surface area (Å²) in [6, 6.07) is 3.29. The number of rotatable bonds is 4. The Hall–Kier alpha value is -1.45. The number of carbonyl (C=O) groups is 1. The van der Waals surface area contributed by atoms with Crippen LogP contribution < -0.4 is 0 Å². The van der Waals surface area contributed by atoms with Crippen LogP contribution >= 0.6 is 0 Å². The lowest BCUT2D eigenvalue weighted by Gasteiger charge is -2.60. The topological polar surface area (TPSA) is 85.6 Å². The monoisotopic (exact) mass is 422 g/mol. The summed E-state index contributed by atoms with van der Waals surface area (Å²) in [4.78, 5) is 23.6. The third kappa shape index (κ3) is 3.04. The maximum atomic E-state index is 11.6. The molecule has 1 aliphatic carbocycles. The Balaban J connectivity index is 1.36. The van der Waals surface area contributed by atoms with Crippen LogP contribution in [-0.4, -0.2) is 37.0 Å². The quantitative estimate of drug-likeness (QED) is 0.535. The van der Waals surface area contributed by atoms with Gasteiger partial charge in [-0.25, -0.2) is 14.6 Å². The lowest BCUT2D eigenvalue weighted by Crippen LogP contribution is -2.70. The molecule has 166 valence electrons. The van der Waals surface area contributed by atoms with E-state index in [0.717, 1.165) is 25.7 Å². The Labute approximate surface area is 176 Å². The van der Waals surface area contributed by atoms with Crippen molar-refractivity contribution in [2.75, 3.05) is 7.11 Å². The molecule has 30 heavy (non-hydrogen) atoms. The second-order valence-corrected chi connectivity index (χ2v) is 9.34. The molecule has 4 aliphatic heterocycles. The summed E-state index contributed by atoms with van der Waals surface area (Å²) in [5, 5.41) is 0. The second kappa shape index (κ2) is 7.31. The first-order valence-electron chi connectivity index (χ1n) is 10.8. The van der Waals surface area contributed by atoms with Crippen LogP contribution in [0.4, 0.5) is 0 Å². The van der Waals surface area contributed by atoms with Gasteiger partial charge in [-0.3, -0.25) is 0 Å². The number of ether oxygens (including phenoxy) is 4. The number of fused-ring (bicyclic) bond motifs is 2. The predicted molar refractivity (Wildman–Crippen MR) is 102 cm³/mol. The molecule has 1 aromatic rings. The highest BCUT2D eigenvalue weighted by atomic mass is 17.3. The normalized spacial score (nSPS) is 44.9. The number of hydrogen-bond acceptors (Lipinski definition) is 8. The van der Waals surface area contributed by atoms with Crippen molar-refractivity contribution in [3.63, 3.8) is 0 Å². The number of hydrogen-bond donors (Lipinski definition) is 0.